The summed E-state index contributed by atoms with van der Waals surface area (Å²) in [7, 11) is 0. The molecule has 0 aromatic heterocycles. The number of esters is 2. The van der Waals surface area contributed by atoms with Crippen LogP contribution < -0.4 is 0 Å². The third kappa shape index (κ3) is 3.68. The fourth-order valence-electron chi connectivity index (χ4n) is 8.82. The molecule has 192 valence electrons. The lowest BCUT2D eigenvalue weighted by atomic mass is 9.37. The molecule has 0 aromatic carbocycles. The van der Waals surface area contributed by atoms with Crippen molar-refractivity contribution in [2.24, 2.45) is 28.1 Å². The molecular weight excluding hydrogens is 444 g/mol. The van der Waals surface area contributed by atoms with Crippen LogP contribution in [0.4, 0.5) is 0 Å². The molecule has 2 bridgehead atoms. The third-order valence-electron chi connectivity index (χ3n) is 10.7. The molecule has 3 fully saturated rings. The molecule has 35 heavy (non-hydrogen) atoms. The summed E-state index contributed by atoms with van der Waals surface area (Å²) < 4.78 is 11.3. The van der Waals surface area contributed by atoms with Crippen LogP contribution in [0.15, 0.2) is 11.6 Å². The van der Waals surface area contributed by atoms with Crippen LogP contribution in [0.3, 0.4) is 0 Å². The zero-order valence-electron chi connectivity index (χ0n) is 21.4. The standard InChI is InChI=1S/C29H40O6/c1-26-13-7-6-10-23(31)35-21(17-26)25-27(2,20-8-4-5-9-20)14-12-22(30)28(25,3)29(26,33)15-11-19-16-24(32)34-18-19/h16,20-22,25,30,33H,4-6,8-12,14-15,17-18H2,1-3H3/t21-,22-,25+,26+,27+,28+,29-/m1/s1. The van der Waals surface area contributed by atoms with E-state index in [0.29, 0.717) is 38.0 Å². The van der Waals surface area contributed by atoms with Crippen LogP contribution in [-0.4, -0.2) is 46.6 Å². The summed E-state index contributed by atoms with van der Waals surface area (Å²) in [4.78, 5) is 24.5. The van der Waals surface area contributed by atoms with Gasteiger partial charge in [-0.2, -0.15) is 0 Å². The van der Waals surface area contributed by atoms with Gasteiger partial charge in [-0.05, 0) is 62.4 Å². The predicted octanol–water partition coefficient (Wildman–Crippen LogP) is 4.07. The summed E-state index contributed by atoms with van der Waals surface area (Å²) in [6.07, 6.45) is 8.49. The number of carbonyl (C=O) groups excluding carboxylic acids is 2. The van der Waals surface area contributed by atoms with Crippen LogP contribution in [0.2, 0.25) is 0 Å². The highest BCUT2D eigenvalue weighted by Gasteiger charge is 2.73. The Balaban J connectivity index is 1.65. The predicted molar refractivity (Wildman–Crippen MR) is 130 cm³/mol. The smallest absolute Gasteiger partial charge is 0.331 e. The van der Waals surface area contributed by atoms with E-state index in [-0.39, 0.29) is 36.3 Å². The first kappa shape index (κ1) is 24.8. The topological polar surface area (TPSA) is 93.1 Å². The van der Waals surface area contributed by atoms with Crippen LogP contribution in [0, 0.1) is 39.9 Å². The lowest BCUT2D eigenvalue weighted by Crippen LogP contribution is -2.75. The lowest BCUT2D eigenvalue weighted by molar-refractivity contribution is -0.303. The molecule has 2 N–H and O–H groups in total. The number of cyclic esters (lactones) is 1. The second kappa shape index (κ2) is 8.63. The third-order valence-corrected chi connectivity index (χ3v) is 10.7. The Labute approximate surface area is 208 Å². The van der Waals surface area contributed by atoms with Crippen molar-refractivity contribution in [3.8, 4) is 11.8 Å². The molecule has 3 aliphatic carbocycles. The molecule has 2 aliphatic heterocycles. The van der Waals surface area contributed by atoms with Gasteiger partial charge in [-0.1, -0.05) is 32.6 Å². The number of hydrogen-bond donors (Lipinski definition) is 2. The SMILES string of the molecule is C[C@]12[C@H](O)CC[C@@](C)(C3CCCC3)[C@@H]1[C@H]1C[C@](C)(C#CCCC(=O)O1)[C@]2(O)CCC1=CC(=O)OC1. The largest absolute Gasteiger partial charge is 0.462 e. The van der Waals surface area contributed by atoms with Gasteiger partial charge in [0.15, 0.2) is 0 Å². The average molecular weight is 485 g/mol. The Morgan fingerprint density at radius 2 is 1.89 bits per heavy atom. The zero-order chi connectivity index (χ0) is 25.1. The van der Waals surface area contributed by atoms with Crippen molar-refractivity contribution in [2.45, 2.75) is 109 Å². The summed E-state index contributed by atoms with van der Waals surface area (Å²) >= 11 is 0. The van der Waals surface area contributed by atoms with E-state index in [4.69, 9.17) is 9.47 Å². The maximum absolute atomic E-state index is 12.9. The van der Waals surface area contributed by atoms with E-state index < -0.39 is 28.6 Å². The minimum Gasteiger partial charge on any atom is -0.462 e. The van der Waals surface area contributed by atoms with Crippen molar-refractivity contribution in [2.75, 3.05) is 6.61 Å². The molecular formula is C29H40O6. The average Bonchev–Trinajstić information content (AvgIpc) is 3.49. The number of carbonyl (C=O) groups is 2. The van der Waals surface area contributed by atoms with Gasteiger partial charge < -0.3 is 19.7 Å². The quantitative estimate of drug-likeness (QED) is 0.462. The number of hydrogen-bond acceptors (Lipinski definition) is 6. The lowest BCUT2D eigenvalue weighted by Gasteiger charge is -2.69. The number of aliphatic hydroxyl groups is 2. The monoisotopic (exact) mass is 484 g/mol. The maximum Gasteiger partial charge on any atom is 0.331 e. The van der Waals surface area contributed by atoms with Crippen molar-refractivity contribution in [1.82, 2.24) is 0 Å². The Bertz CT molecular complexity index is 985. The maximum atomic E-state index is 12.9. The summed E-state index contributed by atoms with van der Waals surface area (Å²) in [5.41, 5.74) is -2.42. The minimum absolute atomic E-state index is 0.155. The molecule has 0 saturated heterocycles. The molecule has 2 heterocycles. The molecule has 0 radical (unpaired) electrons. The number of fused-ring (bicyclic) bond motifs is 4. The second-order valence-electron chi connectivity index (χ2n) is 12.4. The van der Waals surface area contributed by atoms with Crippen LogP contribution in [-0.2, 0) is 19.1 Å². The summed E-state index contributed by atoms with van der Waals surface area (Å²) in [5, 5.41) is 24.6. The van der Waals surface area contributed by atoms with Gasteiger partial charge in [0, 0.05) is 30.3 Å². The van der Waals surface area contributed by atoms with Gasteiger partial charge in [0.05, 0.1) is 23.5 Å². The molecule has 6 nitrogen and oxygen atoms in total. The van der Waals surface area contributed by atoms with Crippen LogP contribution >= 0.6 is 0 Å². The Kier molecular flexibility index (Phi) is 6.12. The van der Waals surface area contributed by atoms with Crippen molar-refractivity contribution in [1.29, 1.82) is 0 Å². The minimum atomic E-state index is -1.34. The van der Waals surface area contributed by atoms with Crippen LogP contribution in [0.1, 0.15) is 91.4 Å². The fourth-order valence-corrected chi connectivity index (χ4v) is 8.82. The molecule has 7 atom stereocenters. The summed E-state index contributed by atoms with van der Waals surface area (Å²) in [6, 6.07) is 0. The fraction of sp³-hybridized carbons (Fsp3) is 0.793. The van der Waals surface area contributed by atoms with Gasteiger partial charge in [-0.3, -0.25) is 4.79 Å². The van der Waals surface area contributed by atoms with E-state index in [1.54, 1.807) is 0 Å². The van der Waals surface area contributed by atoms with Crippen LogP contribution in [0.25, 0.3) is 0 Å². The molecule has 0 aromatic rings. The number of rotatable bonds is 4. The number of aliphatic hydroxyl groups excluding tert-OH is 1. The van der Waals surface area contributed by atoms with E-state index in [1.807, 2.05) is 13.8 Å². The highest BCUT2D eigenvalue weighted by Crippen LogP contribution is 2.70. The van der Waals surface area contributed by atoms with Gasteiger partial charge >= 0.3 is 11.9 Å². The molecule has 0 amide bonds. The number of ether oxygens (including phenoxy) is 2. The Hall–Kier alpha value is -1.84. The van der Waals surface area contributed by atoms with Gasteiger partial charge in [0.2, 0.25) is 0 Å². The van der Waals surface area contributed by atoms with Crippen molar-refractivity contribution in [3.63, 3.8) is 0 Å². The van der Waals surface area contributed by atoms with Gasteiger partial charge in [0.25, 0.3) is 0 Å². The van der Waals surface area contributed by atoms with E-state index in [0.717, 1.165) is 24.8 Å². The normalized spacial score (nSPS) is 45.7. The first-order valence-corrected chi connectivity index (χ1v) is 13.5. The Morgan fingerprint density at radius 1 is 1.14 bits per heavy atom. The highest BCUT2D eigenvalue weighted by atomic mass is 16.5. The van der Waals surface area contributed by atoms with E-state index in [2.05, 4.69) is 18.8 Å². The Morgan fingerprint density at radius 3 is 2.57 bits per heavy atom. The van der Waals surface area contributed by atoms with Gasteiger partial charge in [-0.25, -0.2) is 4.79 Å². The molecule has 5 aliphatic rings. The second-order valence-corrected chi connectivity index (χ2v) is 12.4. The van der Waals surface area contributed by atoms with Gasteiger partial charge in [-0.15, -0.1) is 5.92 Å². The summed E-state index contributed by atoms with van der Waals surface area (Å²) in [6.45, 7) is 6.57. The summed E-state index contributed by atoms with van der Waals surface area (Å²) in [5.74, 6) is 6.26. The van der Waals surface area contributed by atoms with Crippen LogP contribution in [0.5, 0.6) is 0 Å². The van der Waals surface area contributed by atoms with Crippen molar-refractivity contribution >= 4 is 11.9 Å². The van der Waals surface area contributed by atoms with Crippen molar-refractivity contribution < 1.29 is 29.3 Å². The first-order chi connectivity index (χ1) is 16.5. The molecule has 6 heteroatoms. The molecule has 5 rings (SSSR count). The zero-order valence-corrected chi connectivity index (χ0v) is 21.4. The molecule has 3 saturated carbocycles. The van der Waals surface area contributed by atoms with E-state index in [1.165, 1.54) is 18.9 Å². The molecule has 0 spiro atoms. The first-order valence-electron chi connectivity index (χ1n) is 13.5. The van der Waals surface area contributed by atoms with Gasteiger partial charge in [0.1, 0.15) is 12.7 Å². The molecule has 0 unspecified atom stereocenters. The van der Waals surface area contributed by atoms with Crippen molar-refractivity contribution in [3.05, 3.63) is 11.6 Å². The highest BCUT2D eigenvalue weighted by molar-refractivity contribution is 5.85. The van der Waals surface area contributed by atoms with E-state index in [9.17, 15) is 19.8 Å². The van der Waals surface area contributed by atoms with E-state index >= 15 is 0 Å².